The number of carbonyl (C=O) groups excluding carboxylic acids is 1. The maximum atomic E-state index is 13.3. The zero-order chi connectivity index (χ0) is 21.1. The Hall–Kier alpha value is -3.86. The Labute approximate surface area is 175 Å². The Morgan fingerprint density at radius 1 is 0.800 bits per heavy atom. The number of rotatable bonds is 5. The molecule has 3 aromatic rings. The summed E-state index contributed by atoms with van der Waals surface area (Å²) >= 11 is 0. The molecule has 0 saturated heterocycles. The summed E-state index contributed by atoms with van der Waals surface area (Å²) in [7, 11) is 3.24. The van der Waals surface area contributed by atoms with E-state index in [1.54, 1.807) is 19.1 Å². The van der Waals surface area contributed by atoms with Crippen LogP contribution in [0.15, 0.2) is 83.5 Å². The van der Waals surface area contributed by atoms with Gasteiger partial charge in [-0.15, -0.1) is 0 Å². The van der Waals surface area contributed by atoms with Crippen LogP contribution in [0, 0.1) is 6.92 Å². The van der Waals surface area contributed by atoms with Crippen LogP contribution in [0.2, 0.25) is 0 Å². The molecule has 0 atom stereocenters. The molecule has 0 N–H and O–H groups in total. The molecule has 1 heterocycles. The monoisotopic (exact) mass is 398 g/mol. The lowest BCUT2D eigenvalue weighted by Gasteiger charge is -2.19. The van der Waals surface area contributed by atoms with E-state index in [4.69, 9.17) is 14.5 Å². The molecule has 150 valence electrons. The highest BCUT2D eigenvalue weighted by atomic mass is 16.5. The normalized spacial score (nSPS) is 14.8. The second-order valence-corrected chi connectivity index (χ2v) is 6.94. The molecule has 0 aliphatic carbocycles. The van der Waals surface area contributed by atoms with Crippen molar-refractivity contribution < 1.29 is 14.3 Å². The van der Waals surface area contributed by atoms with Crippen molar-refractivity contribution in [3.05, 3.63) is 95.2 Å². The number of methoxy groups -OCH3 is 2. The van der Waals surface area contributed by atoms with E-state index in [0.29, 0.717) is 11.5 Å². The summed E-state index contributed by atoms with van der Waals surface area (Å²) in [5.41, 5.74) is 4.03. The first-order chi connectivity index (χ1) is 14.6. The van der Waals surface area contributed by atoms with E-state index in [2.05, 4.69) is 0 Å². The highest BCUT2D eigenvalue weighted by Gasteiger charge is 2.32. The maximum absolute atomic E-state index is 13.3. The van der Waals surface area contributed by atoms with E-state index in [9.17, 15) is 4.79 Å². The lowest BCUT2D eigenvalue weighted by Crippen LogP contribution is -2.32. The van der Waals surface area contributed by atoms with Crippen molar-refractivity contribution >= 4 is 23.5 Å². The van der Waals surface area contributed by atoms with Crippen LogP contribution in [-0.2, 0) is 4.79 Å². The molecule has 0 spiro atoms. The summed E-state index contributed by atoms with van der Waals surface area (Å²) in [6.07, 6.45) is 1.81. The van der Waals surface area contributed by atoms with Crippen LogP contribution in [0.1, 0.15) is 16.7 Å². The molecule has 1 amide bonds. The number of amides is 1. The fourth-order valence-corrected chi connectivity index (χ4v) is 3.24. The number of nitrogens with zero attached hydrogens (tertiary/aromatic N) is 2. The Kier molecular flexibility index (Phi) is 5.35. The highest BCUT2D eigenvalue weighted by molar-refractivity contribution is 6.33. The third-order valence-electron chi connectivity index (χ3n) is 4.92. The summed E-state index contributed by atoms with van der Waals surface area (Å²) in [4.78, 5) is 19.6. The lowest BCUT2D eigenvalue weighted by molar-refractivity contribution is -0.113. The van der Waals surface area contributed by atoms with Gasteiger partial charge in [0, 0.05) is 5.56 Å². The van der Waals surface area contributed by atoms with Crippen LogP contribution in [-0.4, -0.2) is 26.0 Å². The second-order valence-electron chi connectivity index (χ2n) is 6.94. The van der Waals surface area contributed by atoms with Crippen LogP contribution in [0.4, 0.5) is 5.69 Å². The van der Waals surface area contributed by atoms with Gasteiger partial charge >= 0.3 is 0 Å². The number of ether oxygens (including phenoxy) is 2. The van der Waals surface area contributed by atoms with Gasteiger partial charge in [0.05, 0.1) is 19.9 Å². The summed E-state index contributed by atoms with van der Waals surface area (Å²) in [5.74, 6) is 1.87. The fourth-order valence-electron chi connectivity index (χ4n) is 3.24. The molecule has 0 unspecified atom stereocenters. The third kappa shape index (κ3) is 3.82. The Bertz CT molecular complexity index is 1110. The summed E-state index contributed by atoms with van der Waals surface area (Å²) in [6, 6.07) is 22.9. The average Bonchev–Trinajstić information content (AvgIpc) is 3.11. The number of amidine groups is 1. The Morgan fingerprint density at radius 2 is 1.37 bits per heavy atom. The first-order valence-electron chi connectivity index (χ1n) is 9.59. The van der Waals surface area contributed by atoms with Gasteiger partial charge in [0.2, 0.25) is 0 Å². The predicted molar refractivity (Wildman–Crippen MR) is 119 cm³/mol. The molecule has 0 radical (unpaired) electrons. The molecule has 5 nitrogen and oxygen atoms in total. The van der Waals surface area contributed by atoms with Crippen LogP contribution in [0.3, 0.4) is 0 Å². The molecule has 1 aliphatic rings. The smallest absolute Gasteiger partial charge is 0.282 e. The molecule has 0 bridgehead atoms. The summed E-state index contributed by atoms with van der Waals surface area (Å²) < 4.78 is 10.5. The van der Waals surface area contributed by atoms with Crippen molar-refractivity contribution in [3.8, 4) is 11.5 Å². The molecule has 0 saturated carbocycles. The number of hydrogen-bond donors (Lipinski definition) is 0. The minimum atomic E-state index is -0.174. The van der Waals surface area contributed by atoms with Crippen LogP contribution in [0.5, 0.6) is 11.5 Å². The van der Waals surface area contributed by atoms with Crippen molar-refractivity contribution in [3.63, 3.8) is 0 Å². The minimum Gasteiger partial charge on any atom is -0.497 e. The van der Waals surface area contributed by atoms with Gasteiger partial charge in [-0.05, 0) is 67.1 Å². The first-order valence-corrected chi connectivity index (χ1v) is 9.59. The van der Waals surface area contributed by atoms with Gasteiger partial charge in [0.1, 0.15) is 23.0 Å². The van der Waals surface area contributed by atoms with Crippen molar-refractivity contribution in [2.45, 2.75) is 6.92 Å². The van der Waals surface area contributed by atoms with Gasteiger partial charge in [-0.3, -0.25) is 9.69 Å². The number of aliphatic imine (C=N–C) groups is 1. The largest absolute Gasteiger partial charge is 0.497 e. The number of hydrogen-bond acceptors (Lipinski definition) is 4. The van der Waals surface area contributed by atoms with E-state index in [1.807, 2.05) is 85.8 Å². The number of benzene rings is 3. The van der Waals surface area contributed by atoms with Gasteiger partial charge in [0.15, 0.2) is 0 Å². The molecule has 30 heavy (non-hydrogen) atoms. The van der Waals surface area contributed by atoms with Gasteiger partial charge in [-0.2, -0.15) is 0 Å². The maximum Gasteiger partial charge on any atom is 0.282 e. The van der Waals surface area contributed by atoms with Gasteiger partial charge in [-0.1, -0.05) is 29.8 Å². The lowest BCUT2D eigenvalue weighted by atomic mass is 10.1. The Morgan fingerprint density at radius 3 is 1.93 bits per heavy atom. The van der Waals surface area contributed by atoms with Crippen molar-refractivity contribution in [1.82, 2.24) is 0 Å². The van der Waals surface area contributed by atoms with Crippen LogP contribution in [0.25, 0.3) is 6.08 Å². The van der Waals surface area contributed by atoms with Crippen molar-refractivity contribution in [2.75, 3.05) is 19.1 Å². The fraction of sp³-hybridized carbons (Fsp3) is 0.120. The summed E-state index contributed by atoms with van der Waals surface area (Å²) in [5, 5.41) is 0. The van der Waals surface area contributed by atoms with Crippen molar-refractivity contribution in [2.24, 2.45) is 4.99 Å². The zero-order valence-electron chi connectivity index (χ0n) is 17.1. The molecular formula is C25H22N2O3. The van der Waals surface area contributed by atoms with Crippen LogP contribution >= 0.6 is 0 Å². The second kappa shape index (κ2) is 8.25. The Balaban J connectivity index is 1.78. The zero-order valence-corrected chi connectivity index (χ0v) is 17.1. The van der Waals surface area contributed by atoms with Crippen molar-refractivity contribution in [1.29, 1.82) is 0 Å². The van der Waals surface area contributed by atoms with Gasteiger partial charge in [-0.25, -0.2) is 4.99 Å². The standard InChI is InChI=1S/C25H22N2O3/c1-17-4-6-18(7-5-17)16-23-25(28)27(20-10-14-22(30-3)15-11-20)24(26-23)19-8-12-21(29-2)13-9-19/h4-16H,1-3H3/b23-16+. The molecular weight excluding hydrogens is 376 g/mol. The third-order valence-corrected chi connectivity index (χ3v) is 4.92. The highest BCUT2D eigenvalue weighted by Crippen LogP contribution is 2.29. The number of anilines is 1. The van der Waals surface area contributed by atoms with E-state index in [-0.39, 0.29) is 5.91 Å². The topological polar surface area (TPSA) is 51.1 Å². The quantitative estimate of drug-likeness (QED) is 0.578. The predicted octanol–water partition coefficient (Wildman–Crippen LogP) is 4.85. The SMILES string of the molecule is COc1ccc(C2=N/C(=C/c3ccc(C)cc3)C(=O)N2c2ccc(OC)cc2)cc1. The average molecular weight is 398 g/mol. The van der Waals surface area contributed by atoms with E-state index >= 15 is 0 Å². The first kappa shape index (κ1) is 19.5. The molecule has 4 rings (SSSR count). The number of aryl methyl sites for hydroxylation is 1. The van der Waals surface area contributed by atoms with Gasteiger partial charge < -0.3 is 9.47 Å². The van der Waals surface area contributed by atoms with E-state index in [1.165, 1.54) is 0 Å². The minimum absolute atomic E-state index is 0.174. The molecule has 0 fully saturated rings. The van der Waals surface area contributed by atoms with Crippen LogP contribution < -0.4 is 14.4 Å². The molecule has 5 heteroatoms. The molecule has 3 aromatic carbocycles. The van der Waals surface area contributed by atoms with E-state index < -0.39 is 0 Å². The van der Waals surface area contributed by atoms with Gasteiger partial charge in [0.25, 0.3) is 5.91 Å². The van der Waals surface area contributed by atoms with E-state index in [0.717, 1.165) is 33.9 Å². The molecule has 0 aromatic heterocycles. The number of carbonyl (C=O) groups is 1. The molecule has 1 aliphatic heterocycles. The summed E-state index contributed by atoms with van der Waals surface area (Å²) in [6.45, 7) is 2.03.